The number of carbonyl (C=O) groups is 3. The van der Waals surface area contributed by atoms with Gasteiger partial charge < -0.3 is 4.74 Å². The first-order valence-corrected chi connectivity index (χ1v) is 7.73. The van der Waals surface area contributed by atoms with E-state index < -0.39 is 23.2 Å². The molecule has 1 atom stereocenters. The Morgan fingerprint density at radius 1 is 1.32 bits per heavy atom. The standard InChI is InChI=1S/C16H17NO4S/c1-4-11-5-7-12(8-6-11)9-13-14(18)17(16(20)22-13)10(2)15(19)21-3/h5-10H,4H2,1-3H3. The van der Waals surface area contributed by atoms with Crippen molar-refractivity contribution in [3.8, 4) is 0 Å². The van der Waals surface area contributed by atoms with E-state index in [4.69, 9.17) is 0 Å². The predicted molar refractivity (Wildman–Crippen MR) is 85.1 cm³/mol. The summed E-state index contributed by atoms with van der Waals surface area (Å²) in [6.07, 6.45) is 2.60. The van der Waals surface area contributed by atoms with Crippen LogP contribution in [0.25, 0.3) is 6.08 Å². The number of imide groups is 1. The van der Waals surface area contributed by atoms with E-state index in [0.29, 0.717) is 4.91 Å². The summed E-state index contributed by atoms with van der Waals surface area (Å²) in [6, 6.07) is 6.83. The fourth-order valence-electron chi connectivity index (χ4n) is 2.09. The number of hydrogen-bond acceptors (Lipinski definition) is 5. The lowest BCUT2D eigenvalue weighted by Gasteiger charge is -2.18. The molecule has 1 heterocycles. The van der Waals surface area contributed by atoms with Crippen molar-refractivity contribution < 1.29 is 19.1 Å². The second kappa shape index (κ2) is 6.79. The van der Waals surface area contributed by atoms with E-state index in [-0.39, 0.29) is 0 Å². The number of hydrogen-bond donors (Lipinski definition) is 0. The second-order valence-electron chi connectivity index (χ2n) is 4.85. The van der Waals surface area contributed by atoms with E-state index in [0.717, 1.165) is 28.6 Å². The summed E-state index contributed by atoms with van der Waals surface area (Å²) in [4.78, 5) is 37.1. The van der Waals surface area contributed by atoms with Crippen LogP contribution in [-0.4, -0.2) is 35.2 Å². The summed E-state index contributed by atoms with van der Waals surface area (Å²) < 4.78 is 4.59. The van der Waals surface area contributed by atoms with E-state index in [1.54, 1.807) is 6.08 Å². The molecule has 6 heteroatoms. The largest absolute Gasteiger partial charge is 0.467 e. The highest BCUT2D eigenvalue weighted by atomic mass is 32.2. The van der Waals surface area contributed by atoms with Gasteiger partial charge in [-0.3, -0.25) is 14.5 Å². The van der Waals surface area contributed by atoms with E-state index in [2.05, 4.69) is 11.7 Å². The van der Waals surface area contributed by atoms with Gasteiger partial charge in [0.15, 0.2) is 0 Å². The number of methoxy groups -OCH3 is 1. The number of benzene rings is 1. The number of aryl methyl sites for hydroxylation is 1. The van der Waals surface area contributed by atoms with E-state index >= 15 is 0 Å². The van der Waals surface area contributed by atoms with Crippen LogP contribution in [0.4, 0.5) is 4.79 Å². The van der Waals surface area contributed by atoms with Gasteiger partial charge in [-0.1, -0.05) is 31.2 Å². The third kappa shape index (κ3) is 3.22. The lowest BCUT2D eigenvalue weighted by Crippen LogP contribution is -2.42. The van der Waals surface area contributed by atoms with Gasteiger partial charge in [0.25, 0.3) is 11.1 Å². The molecule has 0 aliphatic carbocycles. The summed E-state index contributed by atoms with van der Waals surface area (Å²) in [5, 5.41) is -0.459. The molecule has 116 valence electrons. The van der Waals surface area contributed by atoms with Gasteiger partial charge in [0.2, 0.25) is 0 Å². The zero-order valence-corrected chi connectivity index (χ0v) is 13.5. The molecule has 1 aromatic carbocycles. The number of nitrogens with zero attached hydrogens (tertiary/aromatic N) is 1. The first-order valence-electron chi connectivity index (χ1n) is 6.91. The number of rotatable bonds is 4. The fourth-order valence-corrected chi connectivity index (χ4v) is 3.00. The Morgan fingerprint density at radius 2 is 1.95 bits per heavy atom. The molecule has 1 unspecified atom stereocenters. The number of carbonyl (C=O) groups excluding carboxylic acids is 3. The van der Waals surface area contributed by atoms with E-state index in [9.17, 15) is 14.4 Å². The molecule has 1 aromatic rings. The van der Waals surface area contributed by atoms with Crippen molar-refractivity contribution in [3.05, 3.63) is 40.3 Å². The molecule has 1 saturated heterocycles. The van der Waals surface area contributed by atoms with Crippen LogP contribution < -0.4 is 0 Å². The summed E-state index contributed by atoms with van der Waals surface area (Å²) in [5.74, 6) is -1.08. The molecule has 22 heavy (non-hydrogen) atoms. The quantitative estimate of drug-likeness (QED) is 0.631. The molecule has 0 saturated carbocycles. The smallest absolute Gasteiger partial charge is 0.328 e. The van der Waals surface area contributed by atoms with Crippen LogP contribution in [-0.2, 0) is 20.7 Å². The van der Waals surface area contributed by atoms with Crippen LogP contribution in [0.2, 0.25) is 0 Å². The van der Waals surface area contributed by atoms with Crippen LogP contribution in [0.15, 0.2) is 29.2 Å². The third-order valence-corrected chi connectivity index (χ3v) is 4.32. The molecule has 0 aromatic heterocycles. The van der Waals surface area contributed by atoms with Crippen molar-refractivity contribution in [2.45, 2.75) is 26.3 Å². The van der Waals surface area contributed by atoms with Gasteiger partial charge in [-0.2, -0.15) is 0 Å². The first-order chi connectivity index (χ1) is 10.5. The lowest BCUT2D eigenvalue weighted by atomic mass is 10.1. The topological polar surface area (TPSA) is 63.7 Å². The summed E-state index contributed by atoms with van der Waals surface area (Å²) >= 11 is 0.834. The number of amides is 2. The van der Waals surface area contributed by atoms with Crippen molar-refractivity contribution >= 4 is 35.0 Å². The number of ether oxygens (including phenoxy) is 1. The van der Waals surface area contributed by atoms with Crippen molar-refractivity contribution in [1.29, 1.82) is 0 Å². The first kappa shape index (κ1) is 16.3. The Hall–Kier alpha value is -2.08. The Bertz CT molecular complexity index is 636. The molecule has 1 aliphatic heterocycles. The maximum absolute atomic E-state index is 12.3. The molecule has 1 fully saturated rings. The van der Waals surface area contributed by atoms with Gasteiger partial charge in [-0.05, 0) is 42.3 Å². The van der Waals surface area contributed by atoms with Gasteiger partial charge in [-0.25, -0.2) is 4.79 Å². The molecular weight excluding hydrogens is 302 g/mol. The fraction of sp³-hybridized carbons (Fsp3) is 0.312. The number of thioether (sulfide) groups is 1. The minimum absolute atomic E-state index is 0.310. The molecule has 0 spiro atoms. The Labute approximate surface area is 133 Å². The molecule has 2 amide bonds. The minimum atomic E-state index is -0.925. The van der Waals surface area contributed by atoms with Gasteiger partial charge in [0.05, 0.1) is 12.0 Å². The second-order valence-corrected chi connectivity index (χ2v) is 5.84. The summed E-state index contributed by atoms with van der Waals surface area (Å²) in [7, 11) is 1.23. The van der Waals surface area contributed by atoms with E-state index in [1.165, 1.54) is 19.6 Å². The van der Waals surface area contributed by atoms with Crippen molar-refractivity contribution in [2.75, 3.05) is 7.11 Å². The van der Waals surface area contributed by atoms with Crippen LogP contribution in [0.5, 0.6) is 0 Å². The van der Waals surface area contributed by atoms with Crippen LogP contribution in [0.1, 0.15) is 25.0 Å². The van der Waals surface area contributed by atoms with Crippen molar-refractivity contribution in [1.82, 2.24) is 4.90 Å². The van der Waals surface area contributed by atoms with Crippen LogP contribution in [0.3, 0.4) is 0 Å². The Kier molecular flexibility index (Phi) is 5.03. The van der Waals surface area contributed by atoms with Crippen molar-refractivity contribution in [2.24, 2.45) is 0 Å². The average molecular weight is 319 g/mol. The lowest BCUT2D eigenvalue weighted by molar-refractivity contribution is -0.148. The van der Waals surface area contributed by atoms with Gasteiger partial charge >= 0.3 is 5.97 Å². The molecule has 1 aliphatic rings. The summed E-state index contributed by atoms with van der Waals surface area (Å²) in [6.45, 7) is 3.54. The monoisotopic (exact) mass is 319 g/mol. The zero-order chi connectivity index (χ0) is 16.3. The minimum Gasteiger partial charge on any atom is -0.467 e. The summed E-state index contributed by atoms with van der Waals surface area (Å²) in [5.41, 5.74) is 2.04. The van der Waals surface area contributed by atoms with Gasteiger partial charge in [0, 0.05) is 0 Å². The van der Waals surface area contributed by atoms with Crippen LogP contribution >= 0.6 is 11.8 Å². The van der Waals surface area contributed by atoms with Crippen LogP contribution in [0, 0.1) is 0 Å². The highest BCUT2D eigenvalue weighted by Crippen LogP contribution is 2.33. The Morgan fingerprint density at radius 3 is 2.50 bits per heavy atom. The maximum atomic E-state index is 12.3. The van der Waals surface area contributed by atoms with Gasteiger partial charge in [-0.15, -0.1) is 0 Å². The highest BCUT2D eigenvalue weighted by molar-refractivity contribution is 8.18. The number of esters is 1. The molecule has 5 nitrogen and oxygen atoms in total. The molecule has 2 rings (SSSR count). The van der Waals surface area contributed by atoms with E-state index in [1.807, 2.05) is 24.3 Å². The van der Waals surface area contributed by atoms with Gasteiger partial charge in [0.1, 0.15) is 6.04 Å². The highest BCUT2D eigenvalue weighted by Gasteiger charge is 2.41. The molecular formula is C16H17NO4S. The zero-order valence-electron chi connectivity index (χ0n) is 12.7. The average Bonchev–Trinajstić information content (AvgIpc) is 2.80. The normalized spacial score (nSPS) is 18.0. The molecule has 0 radical (unpaired) electrons. The van der Waals surface area contributed by atoms with Crippen molar-refractivity contribution in [3.63, 3.8) is 0 Å². The molecule has 0 bridgehead atoms. The SMILES string of the molecule is CCc1ccc(C=C2SC(=O)N(C(C)C(=O)OC)C2=O)cc1. The predicted octanol–water partition coefficient (Wildman–Crippen LogP) is 2.85. The molecule has 0 N–H and O–H groups in total. The Balaban J connectivity index is 2.23. The maximum Gasteiger partial charge on any atom is 0.328 e. The third-order valence-electron chi connectivity index (χ3n) is 3.44.